The number of nitrogens with zero attached hydrogens (tertiary/aromatic N) is 2. The van der Waals surface area contributed by atoms with Gasteiger partial charge in [0.2, 0.25) is 11.8 Å². The quantitative estimate of drug-likeness (QED) is 0.156. The van der Waals surface area contributed by atoms with E-state index in [1.54, 1.807) is 42.5 Å². The molecule has 1 N–H and O–H groups in total. The summed E-state index contributed by atoms with van der Waals surface area (Å²) in [4.78, 5) is 30.4. The van der Waals surface area contributed by atoms with Crippen LogP contribution in [0.5, 0.6) is 5.75 Å². The molecule has 47 heavy (non-hydrogen) atoms. The van der Waals surface area contributed by atoms with Gasteiger partial charge in [0.05, 0.1) is 17.2 Å². The summed E-state index contributed by atoms with van der Waals surface area (Å²) in [6.07, 6.45) is 4.13. The van der Waals surface area contributed by atoms with E-state index in [1.807, 2.05) is 61.5 Å². The molecule has 5 rings (SSSR count). The Morgan fingerprint density at radius 1 is 0.851 bits per heavy atom. The largest absolute Gasteiger partial charge is 0.492 e. The fourth-order valence-electron chi connectivity index (χ4n) is 5.88. The summed E-state index contributed by atoms with van der Waals surface area (Å²) < 4.78 is 36.4. The number of para-hydroxylation sites is 2. The molecule has 8 nitrogen and oxygen atoms in total. The SMILES string of the molecule is CCOc1ccccc1N(CC(=O)N(Cc1ccc(Br)cc1)C(Cc1ccccc1)C(=O)NC1CCCC1)S(=O)(=O)c1ccccc1. The highest BCUT2D eigenvalue weighted by Crippen LogP contribution is 2.33. The van der Waals surface area contributed by atoms with Crippen LogP contribution in [-0.4, -0.2) is 50.4 Å². The lowest BCUT2D eigenvalue weighted by Gasteiger charge is -2.34. The Morgan fingerprint density at radius 2 is 1.47 bits per heavy atom. The number of rotatable bonds is 14. The van der Waals surface area contributed by atoms with Crippen molar-refractivity contribution in [2.24, 2.45) is 0 Å². The second-order valence-electron chi connectivity index (χ2n) is 11.6. The molecule has 4 aromatic rings. The van der Waals surface area contributed by atoms with E-state index in [0.29, 0.717) is 12.4 Å². The molecule has 0 bridgehead atoms. The van der Waals surface area contributed by atoms with Gasteiger partial charge in [-0.15, -0.1) is 0 Å². The minimum absolute atomic E-state index is 0.0402. The minimum atomic E-state index is -4.23. The van der Waals surface area contributed by atoms with Crippen molar-refractivity contribution in [3.05, 3.63) is 125 Å². The molecule has 4 aromatic carbocycles. The van der Waals surface area contributed by atoms with E-state index in [1.165, 1.54) is 17.0 Å². The van der Waals surface area contributed by atoms with Gasteiger partial charge < -0.3 is 15.0 Å². The molecule has 1 saturated carbocycles. The molecule has 246 valence electrons. The Labute approximate surface area is 285 Å². The van der Waals surface area contributed by atoms with Gasteiger partial charge in [0.1, 0.15) is 18.3 Å². The third-order valence-corrected chi connectivity index (χ3v) is 10.6. The third kappa shape index (κ3) is 8.81. The van der Waals surface area contributed by atoms with Crippen molar-refractivity contribution in [1.29, 1.82) is 0 Å². The molecule has 2 amide bonds. The summed E-state index contributed by atoms with van der Waals surface area (Å²) in [7, 11) is -4.23. The van der Waals surface area contributed by atoms with Crippen LogP contribution in [0.3, 0.4) is 0 Å². The van der Waals surface area contributed by atoms with Crippen molar-refractivity contribution >= 4 is 43.5 Å². The van der Waals surface area contributed by atoms with Gasteiger partial charge in [-0.25, -0.2) is 8.42 Å². The zero-order valence-electron chi connectivity index (χ0n) is 26.4. The van der Waals surface area contributed by atoms with Gasteiger partial charge in [-0.05, 0) is 67.3 Å². The number of carbonyl (C=O) groups excluding carboxylic acids is 2. The summed E-state index contributed by atoms with van der Waals surface area (Å²) in [5, 5.41) is 3.20. The fourth-order valence-corrected chi connectivity index (χ4v) is 7.59. The van der Waals surface area contributed by atoms with Crippen LogP contribution in [0.2, 0.25) is 0 Å². The molecule has 1 aliphatic rings. The van der Waals surface area contributed by atoms with Gasteiger partial charge >= 0.3 is 0 Å². The summed E-state index contributed by atoms with van der Waals surface area (Å²) in [6.45, 7) is 1.68. The van der Waals surface area contributed by atoms with Gasteiger partial charge in [-0.3, -0.25) is 13.9 Å². The van der Waals surface area contributed by atoms with E-state index in [0.717, 1.165) is 45.6 Å². The molecule has 0 aliphatic heterocycles. The highest BCUT2D eigenvalue weighted by atomic mass is 79.9. The van der Waals surface area contributed by atoms with Gasteiger partial charge in [0.15, 0.2) is 0 Å². The molecule has 1 fully saturated rings. The minimum Gasteiger partial charge on any atom is -0.492 e. The molecule has 1 unspecified atom stereocenters. The summed E-state index contributed by atoms with van der Waals surface area (Å²) in [6, 6.07) is 31.1. The van der Waals surface area contributed by atoms with Gasteiger partial charge in [-0.1, -0.05) is 102 Å². The Balaban J connectivity index is 1.58. The van der Waals surface area contributed by atoms with E-state index in [2.05, 4.69) is 21.2 Å². The number of nitrogens with one attached hydrogen (secondary N) is 1. The zero-order valence-corrected chi connectivity index (χ0v) is 28.8. The second-order valence-corrected chi connectivity index (χ2v) is 14.3. The van der Waals surface area contributed by atoms with Gasteiger partial charge in [0, 0.05) is 23.5 Å². The molecule has 0 heterocycles. The lowest BCUT2D eigenvalue weighted by Crippen LogP contribution is -2.54. The molecule has 0 spiro atoms. The van der Waals surface area contributed by atoms with Gasteiger partial charge in [-0.2, -0.15) is 0 Å². The number of halogens is 1. The monoisotopic (exact) mass is 717 g/mol. The Hall–Kier alpha value is -4.15. The number of hydrogen-bond donors (Lipinski definition) is 1. The fraction of sp³-hybridized carbons (Fsp3) is 0.297. The van der Waals surface area contributed by atoms with Gasteiger partial charge in [0.25, 0.3) is 10.0 Å². The third-order valence-electron chi connectivity index (χ3n) is 8.28. The first-order valence-electron chi connectivity index (χ1n) is 15.9. The zero-order chi connectivity index (χ0) is 33.2. The summed E-state index contributed by atoms with van der Waals surface area (Å²) in [5.74, 6) is -0.429. The van der Waals surface area contributed by atoms with E-state index in [4.69, 9.17) is 4.74 Å². The van der Waals surface area contributed by atoms with Crippen LogP contribution in [0.1, 0.15) is 43.7 Å². The van der Waals surface area contributed by atoms with E-state index < -0.39 is 28.5 Å². The molecule has 1 aliphatic carbocycles. The highest BCUT2D eigenvalue weighted by molar-refractivity contribution is 9.10. The number of carbonyl (C=O) groups is 2. The van der Waals surface area contributed by atoms with Crippen molar-refractivity contribution in [2.75, 3.05) is 17.5 Å². The Kier molecular flexibility index (Phi) is 11.7. The first kappa shape index (κ1) is 34.2. The molecule has 0 saturated heterocycles. The van der Waals surface area contributed by atoms with Crippen molar-refractivity contribution in [1.82, 2.24) is 10.2 Å². The summed E-state index contributed by atoms with van der Waals surface area (Å²) in [5.41, 5.74) is 1.94. The molecule has 1 atom stereocenters. The van der Waals surface area contributed by atoms with Crippen LogP contribution in [0.4, 0.5) is 5.69 Å². The van der Waals surface area contributed by atoms with Crippen LogP contribution >= 0.6 is 15.9 Å². The maximum Gasteiger partial charge on any atom is 0.264 e. The normalized spacial score (nSPS) is 13.9. The number of ether oxygens (including phenoxy) is 1. The van der Waals surface area contributed by atoms with Crippen LogP contribution < -0.4 is 14.4 Å². The van der Waals surface area contributed by atoms with Crippen molar-refractivity contribution in [3.63, 3.8) is 0 Å². The Bertz CT molecular complexity index is 1730. The van der Waals surface area contributed by atoms with Crippen molar-refractivity contribution < 1.29 is 22.7 Å². The molecular formula is C37H40BrN3O5S. The number of sulfonamides is 1. The molecular weight excluding hydrogens is 678 g/mol. The van der Waals surface area contributed by atoms with Crippen molar-refractivity contribution in [3.8, 4) is 5.75 Å². The smallest absolute Gasteiger partial charge is 0.264 e. The van der Waals surface area contributed by atoms with Crippen LogP contribution in [0, 0.1) is 0 Å². The molecule has 0 aromatic heterocycles. The predicted octanol–water partition coefficient (Wildman–Crippen LogP) is 6.74. The second kappa shape index (κ2) is 16.1. The number of hydrogen-bond acceptors (Lipinski definition) is 5. The van der Waals surface area contributed by atoms with Crippen LogP contribution in [-0.2, 0) is 32.6 Å². The van der Waals surface area contributed by atoms with Crippen LogP contribution in [0.25, 0.3) is 0 Å². The van der Waals surface area contributed by atoms with E-state index >= 15 is 0 Å². The molecule has 0 radical (unpaired) electrons. The first-order valence-corrected chi connectivity index (χ1v) is 18.2. The lowest BCUT2D eigenvalue weighted by molar-refractivity contribution is -0.140. The standard InChI is InChI=1S/C37H40BrN3O5S/c1-2-46-35-20-12-11-19-33(35)41(47(44,45)32-17-7-4-8-18-32)27-36(42)40(26-29-21-23-30(38)24-22-29)34(25-28-13-5-3-6-14-28)37(43)39-31-15-9-10-16-31/h3-8,11-14,17-24,31,34H,2,9-10,15-16,25-27H2,1H3,(H,39,43). The van der Waals surface area contributed by atoms with Crippen LogP contribution in [0.15, 0.2) is 119 Å². The predicted molar refractivity (Wildman–Crippen MR) is 188 cm³/mol. The maximum atomic E-state index is 14.7. The number of amides is 2. The molecule has 10 heteroatoms. The number of benzene rings is 4. The lowest BCUT2D eigenvalue weighted by atomic mass is 10.0. The average Bonchev–Trinajstić information content (AvgIpc) is 3.60. The van der Waals surface area contributed by atoms with Crippen molar-refractivity contribution in [2.45, 2.75) is 62.6 Å². The Morgan fingerprint density at radius 3 is 2.13 bits per heavy atom. The van der Waals surface area contributed by atoms with E-state index in [9.17, 15) is 18.0 Å². The maximum absolute atomic E-state index is 14.7. The topological polar surface area (TPSA) is 96.0 Å². The summed E-state index contributed by atoms with van der Waals surface area (Å²) >= 11 is 3.48. The average molecular weight is 719 g/mol. The first-order chi connectivity index (χ1) is 22.8. The highest BCUT2D eigenvalue weighted by Gasteiger charge is 2.36. The van der Waals surface area contributed by atoms with E-state index in [-0.39, 0.29) is 35.5 Å². The number of anilines is 1.